The standard InChI is InChI=1S/C19H17Cl2FN2O4/c20-15-9-8-14(10-16(15)21)24-17(25)2-1-3-19(27)28-11-18(26)23-13-6-4-12(22)5-7-13/h4-10H,1-3,11H2,(H,23,26)(H,24,25). The third kappa shape index (κ3) is 7.54. The second-order valence-corrected chi connectivity index (χ2v) is 6.56. The Labute approximate surface area is 171 Å². The van der Waals surface area contributed by atoms with Gasteiger partial charge in [0.1, 0.15) is 5.82 Å². The first-order chi connectivity index (χ1) is 13.3. The summed E-state index contributed by atoms with van der Waals surface area (Å²) in [4.78, 5) is 35.2. The minimum Gasteiger partial charge on any atom is -0.456 e. The smallest absolute Gasteiger partial charge is 0.306 e. The first kappa shape index (κ1) is 21.7. The molecular weight excluding hydrogens is 410 g/mol. The van der Waals surface area contributed by atoms with Gasteiger partial charge in [-0.05, 0) is 48.9 Å². The van der Waals surface area contributed by atoms with E-state index in [-0.39, 0.29) is 25.2 Å². The van der Waals surface area contributed by atoms with E-state index in [1.807, 2.05) is 0 Å². The number of amides is 2. The zero-order valence-corrected chi connectivity index (χ0v) is 16.1. The molecule has 0 spiro atoms. The summed E-state index contributed by atoms with van der Waals surface area (Å²) in [5.41, 5.74) is 0.890. The van der Waals surface area contributed by atoms with Gasteiger partial charge < -0.3 is 15.4 Å². The zero-order valence-electron chi connectivity index (χ0n) is 14.6. The van der Waals surface area contributed by atoms with E-state index < -0.39 is 24.3 Å². The van der Waals surface area contributed by atoms with Crippen LogP contribution < -0.4 is 10.6 Å². The fraction of sp³-hybridized carbons (Fsp3) is 0.211. The summed E-state index contributed by atoms with van der Waals surface area (Å²) >= 11 is 11.7. The molecule has 0 fully saturated rings. The normalized spacial score (nSPS) is 10.2. The monoisotopic (exact) mass is 426 g/mol. The van der Waals surface area contributed by atoms with Crippen molar-refractivity contribution in [2.45, 2.75) is 19.3 Å². The average molecular weight is 427 g/mol. The molecule has 0 aliphatic heterocycles. The number of anilines is 2. The van der Waals surface area contributed by atoms with Crippen LogP contribution in [0, 0.1) is 5.82 Å². The van der Waals surface area contributed by atoms with Crippen molar-refractivity contribution in [1.82, 2.24) is 0 Å². The van der Waals surface area contributed by atoms with Crippen LogP contribution in [-0.2, 0) is 19.1 Å². The number of ether oxygens (including phenoxy) is 1. The lowest BCUT2D eigenvalue weighted by atomic mass is 10.2. The molecule has 2 aromatic carbocycles. The highest BCUT2D eigenvalue weighted by Gasteiger charge is 2.10. The van der Waals surface area contributed by atoms with Crippen LogP contribution in [0.25, 0.3) is 0 Å². The molecule has 0 aliphatic carbocycles. The molecule has 0 saturated carbocycles. The van der Waals surface area contributed by atoms with E-state index in [4.69, 9.17) is 27.9 Å². The predicted octanol–water partition coefficient (Wildman–Crippen LogP) is 4.42. The Morgan fingerprint density at radius 1 is 0.857 bits per heavy atom. The number of hydrogen-bond donors (Lipinski definition) is 2. The Bertz CT molecular complexity index is 860. The van der Waals surface area contributed by atoms with Crippen molar-refractivity contribution in [2.24, 2.45) is 0 Å². The zero-order chi connectivity index (χ0) is 20.5. The lowest BCUT2D eigenvalue weighted by molar-refractivity contribution is -0.147. The van der Waals surface area contributed by atoms with Crippen LogP contribution in [0.3, 0.4) is 0 Å². The molecule has 6 nitrogen and oxygen atoms in total. The molecule has 0 saturated heterocycles. The molecule has 0 aliphatic rings. The van der Waals surface area contributed by atoms with Gasteiger partial charge in [-0.15, -0.1) is 0 Å². The van der Waals surface area contributed by atoms with Crippen LogP contribution in [0.4, 0.5) is 15.8 Å². The van der Waals surface area contributed by atoms with Crippen LogP contribution in [0.5, 0.6) is 0 Å². The highest BCUT2D eigenvalue weighted by molar-refractivity contribution is 6.42. The van der Waals surface area contributed by atoms with Gasteiger partial charge in [0.05, 0.1) is 10.0 Å². The van der Waals surface area contributed by atoms with Crippen molar-refractivity contribution in [1.29, 1.82) is 0 Å². The number of benzene rings is 2. The summed E-state index contributed by atoms with van der Waals surface area (Å²) < 4.78 is 17.6. The third-order valence-corrected chi connectivity index (χ3v) is 4.22. The molecule has 2 amide bonds. The van der Waals surface area contributed by atoms with E-state index in [9.17, 15) is 18.8 Å². The molecule has 0 aromatic heterocycles. The van der Waals surface area contributed by atoms with Gasteiger partial charge in [0.15, 0.2) is 6.61 Å². The SMILES string of the molecule is O=C(CCCC(=O)OCC(=O)Nc1ccc(F)cc1)Nc1ccc(Cl)c(Cl)c1. The first-order valence-electron chi connectivity index (χ1n) is 8.29. The van der Waals surface area contributed by atoms with Crippen molar-refractivity contribution in [2.75, 3.05) is 17.2 Å². The summed E-state index contributed by atoms with van der Waals surface area (Å²) in [5.74, 6) is -1.86. The quantitative estimate of drug-likeness (QED) is 0.611. The van der Waals surface area contributed by atoms with Crippen molar-refractivity contribution in [3.05, 3.63) is 58.3 Å². The molecule has 9 heteroatoms. The largest absolute Gasteiger partial charge is 0.456 e. The van der Waals surface area contributed by atoms with Crippen molar-refractivity contribution < 1.29 is 23.5 Å². The number of hydrogen-bond acceptors (Lipinski definition) is 4. The van der Waals surface area contributed by atoms with Gasteiger partial charge >= 0.3 is 5.97 Å². The molecule has 148 valence electrons. The molecule has 0 unspecified atom stereocenters. The van der Waals surface area contributed by atoms with E-state index in [0.717, 1.165) is 0 Å². The maximum atomic E-state index is 12.8. The maximum Gasteiger partial charge on any atom is 0.306 e. The van der Waals surface area contributed by atoms with Gasteiger partial charge in [0.25, 0.3) is 5.91 Å². The van der Waals surface area contributed by atoms with Crippen molar-refractivity contribution >= 4 is 52.4 Å². The Morgan fingerprint density at radius 3 is 2.18 bits per heavy atom. The molecule has 0 heterocycles. The van der Waals surface area contributed by atoms with E-state index >= 15 is 0 Å². The fourth-order valence-electron chi connectivity index (χ4n) is 2.14. The first-order valence-corrected chi connectivity index (χ1v) is 9.05. The fourth-order valence-corrected chi connectivity index (χ4v) is 2.44. The summed E-state index contributed by atoms with van der Waals surface area (Å²) in [6.45, 7) is -0.467. The number of nitrogens with one attached hydrogen (secondary N) is 2. The predicted molar refractivity (Wildman–Crippen MR) is 105 cm³/mol. The lowest BCUT2D eigenvalue weighted by Crippen LogP contribution is -2.21. The topological polar surface area (TPSA) is 84.5 Å². The number of carbonyl (C=O) groups excluding carboxylic acids is 3. The second kappa shape index (κ2) is 10.6. The van der Waals surface area contributed by atoms with Gasteiger partial charge in [-0.25, -0.2) is 4.39 Å². The summed E-state index contributed by atoms with van der Waals surface area (Å²) in [6, 6.07) is 9.88. The van der Waals surface area contributed by atoms with Gasteiger partial charge in [0.2, 0.25) is 5.91 Å². The van der Waals surface area contributed by atoms with Gasteiger partial charge in [-0.2, -0.15) is 0 Å². The summed E-state index contributed by atoms with van der Waals surface area (Å²) in [7, 11) is 0. The van der Waals surface area contributed by atoms with Crippen LogP contribution in [-0.4, -0.2) is 24.4 Å². The third-order valence-electron chi connectivity index (χ3n) is 3.48. The average Bonchev–Trinajstić information content (AvgIpc) is 2.65. The second-order valence-electron chi connectivity index (χ2n) is 5.75. The summed E-state index contributed by atoms with van der Waals surface area (Å²) in [5, 5.41) is 5.81. The molecule has 2 rings (SSSR count). The minimum absolute atomic E-state index is 0.0153. The Hall–Kier alpha value is -2.64. The maximum absolute atomic E-state index is 12.8. The highest BCUT2D eigenvalue weighted by atomic mass is 35.5. The molecular formula is C19H17Cl2FN2O4. The van der Waals surface area contributed by atoms with Crippen LogP contribution in [0.1, 0.15) is 19.3 Å². The van der Waals surface area contributed by atoms with Crippen molar-refractivity contribution in [3.8, 4) is 0 Å². The molecule has 2 N–H and O–H groups in total. The Balaban J connectivity index is 1.63. The number of esters is 1. The van der Waals surface area contributed by atoms with Crippen molar-refractivity contribution in [3.63, 3.8) is 0 Å². The van der Waals surface area contributed by atoms with Crippen LogP contribution in [0.15, 0.2) is 42.5 Å². The Kier molecular flexibility index (Phi) is 8.22. The van der Waals surface area contributed by atoms with Gasteiger partial charge in [-0.1, -0.05) is 23.2 Å². The molecule has 28 heavy (non-hydrogen) atoms. The van der Waals surface area contributed by atoms with Crippen LogP contribution in [0.2, 0.25) is 10.0 Å². The number of carbonyl (C=O) groups is 3. The molecule has 0 bridgehead atoms. The van der Waals surface area contributed by atoms with E-state index in [1.165, 1.54) is 30.3 Å². The van der Waals surface area contributed by atoms with Gasteiger partial charge in [-0.3, -0.25) is 14.4 Å². The molecule has 2 aromatic rings. The van der Waals surface area contributed by atoms with E-state index in [1.54, 1.807) is 12.1 Å². The van der Waals surface area contributed by atoms with Gasteiger partial charge in [0, 0.05) is 24.2 Å². The van der Waals surface area contributed by atoms with E-state index in [0.29, 0.717) is 21.4 Å². The van der Waals surface area contributed by atoms with E-state index in [2.05, 4.69) is 10.6 Å². The molecule has 0 atom stereocenters. The Morgan fingerprint density at radius 2 is 1.50 bits per heavy atom. The highest BCUT2D eigenvalue weighted by Crippen LogP contribution is 2.25. The molecule has 0 radical (unpaired) electrons. The summed E-state index contributed by atoms with van der Waals surface area (Å²) in [6.07, 6.45) is 0.335. The minimum atomic E-state index is -0.600. The number of rotatable bonds is 8. The van der Waals surface area contributed by atoms with Crippen LogP contribution >= 0.6 is 23.2 Å². The number of halogens is 3. The lowest BCUT2D eigenvalue weighted by Gasteiger charge is -2.07.